The quantitative estimate of drug-likeness (QED) is 0.302. The van der Waals surface area contributed by atoms with Gasteiger partial charge in [-0.05, 0) is 12.8 Å². The molecule has 1 fully saturated rings. The molecule has 0 unspecified atom stereocenters. The molecular weight excluding hydrogens is 262 g/mol. The highest BCUT2D eigenvalue weighted by molar-refractivity contribution is 6.12. The Balaban J connectivity index is 2.02. The predicted molar refractivity (Wildman–Crippen MR) is 72.4 cm³/mol. The number of nitrogens with zero attached hydrogens (tertiary/aromatic N) is 3. The number of nitrogens with two attached hydrogens (primary N) is 1. The van der Waals surface area contributed by atoms with Crippen LogP contribution in [0.1, 0.15) is 19.3 Å². The zero-order valence-corrected chi connectivity index (χ0v) is 11.4. The highest BCUT2D eigenvalue weighted by Gasteiger charge is 2.48. The summed E-state index contributed by atoms with van der Waals surface area (Å²) in [7, 11) is 1.61. The van der Waals surface area contributed by atoms with Crippen LogP contribution in [0.15, 0.2) is 17.5 Å². The zero-order chi connectivity index (χ0) is 14.6. The Hall–Kier alpha value is -2.09. The van der Waals surface area contributed by atoms with E-state index < -0.39 is 5.41 Å². The number of carbonyl (C=O) groups is 1. The van der Waals surface area contributed by atoms with Crippen LogP contribution in [-0.2, 0) is 16.1 Å². The first-order chi connectivity index (χ1) is 9.62. The number of hydrogen-bond acceptors (Lipinski definition) is 5. The molecule has 1 heterocycles. The Labute approximate surface area is 116 Å². The summed E-state index contributed by atoms with van der Waals surface area (Å²) in [6.45, 7) is 1.15. The van der Waals surface area contributed by atoms with Gasteiger partial charge in [-0.2, -0.15) is 5.10 Å². The third-order valence-electron chi connectivity index (χ3n) is 3.66. The number of anilines is 1. The van der Waals surface area contributed by atoms with Crippen molar-refractivity contribution in [3.05, 3.63) is 12.4 Å². The summed E-state index contributed by atoms with van der Waals surface area (Å²) < 4.78 is 6.63. The van der Waals surface area contributed by atoms with Crippen molar-refractivity contribution in [3.63, 3.8) is 0 Å². The number of carbonyl (C=O) groups excluding carboxylic acids is 1. The second kappa shape index (κ2) is 5.91. The molecule has 0 spiro atoms. The standard InChI is InChI=1S/C12H19N5O3/c1-20-6-5-17-8-9(7-14-17)15-11(18)12(3-2-4-12)10(13)16-19/h7-8,19H,2-6H2,1H3,(H2,13,16)(H,15,18). The van der Waals surface area contributed by atoms with Crippen LogP contribution in [0, 0.1) is 5.41 Å². The molecule has 4 N–H and O–H groups in total. The van der Waals surface area contributed by atoms with E-state index in [1.807, 2.05) is 0 Å². The fraction of sp³-hybridized carbons (Fsp3) is 0.583. The summed E-state index contributed by atoms with van der Waals surface area (Å²) in [5.41, 5.74) is 5.34. The van der Waals surface area contributed by atoms with E-state index in [1.54, 1.807) is 24.2 Å². The Morgan fingerprint density at radius 1 is 1.70 bits per heavy atom. The van der Waals surface area contributed by atoms with Gasteiger partial charge >= 0.3 is 0 Å². The highest BCUT2D eigenvalue weighted by Crippen LogP contribution is 2.42. The largest absolute Gasteiger partial charge is 0.409 e. The zero-order valence-electron chi connectivity index (χ0n) is 11.4. The maximum atomic E-state index is 12.3. The fourth-order valence-electron chi connectivity index (χ4n) is 2.21. The Bertz CT molecular complexity index is 507. The van der Waals surface area contributed by atoms with Crippen molar-refractivity contribution in [1.82, 2.24) is 9.78 Å². The monoisotopic (exact) mass is 281 g/mol. The molecule has 20 heavy (non-hydrogen) atoms. The molecule has 0 atom stereocenters. The molecule has 0 bridgehead atoms. The van der Waals surface area contributed by atoms with Crippen molar-refractivity contribution in [2.24, 2.45) is 16.3 Å². The number of methoxy groups -OCH3 is 1. The van der Waals surface area contributed by atoms with E-state index in [2.05, 4.69) is 15.6 Å². The van der Waals surface area contributed by atoms with E-state index in [9.17, 15) is 4.79 Å². The van der Waals surface area contributed by atoms with E-state index in [1.165, 1.54) is 0 Å². The van der Waals surface area contributed by atoms with Gasteiger partial charge in [0.2, 0.25) is 5.91 Å². The van der Waals surface area contributed by atoms with Gasteiger partial charge in [-0.25, -0.2) is 0 Å². The van der Waals surface area contributed by atoms with Crippen molar-refractivity contribution >= 4 is 17.4 Å². The second-order valence-electron chi connectivity index (χ2n) is 4.86. The summed E-state index contributed by atoms with van der Waals surface area (Å²) in [5, 5.41) is 18.7. The Morgan fingerprint density at radius 2 is 2.45 bits per heavy atom. The van der Waals surface area contributed by atoms with Crippen molar-refractivity contribution in [3.8, 4) is 0 Å². The van der Waals surface area contributed by atoms with Gasteiger partial charge in [-0.3, -0.25) is 9.48 Å². The van der Waals surface area contributed by atoms with Crippen LogP contribution in [0.2, 0.25) is 0 Å². The molecule has 1 saturated carbocycles. The summed E-state index contributed by atoms with van der Waals surface area (Å²) >= 11 is 0. The first-order valence-electron chi connectivity index (χ1n) is 6.43. The number of nitrogens with one attached hydrogen (secondary N) is 1. The predicted octanol–water partition coefficient (Wildman–Crippen LogP) is 0.385. The molecule has 0 saturated heterocycles. The fourth-order valence-corrected chi connectivity index (χ4v) is 2.21. The van der Waals surface area contributed by atoms with Gasteiger partial charge in [0.05, 0.1) is 25.0 Å². The lowest BCUT2D eigenvalue weighted by Gasteiger charge is -2.38. The SMILES string of the molecule is COCCn1cc(NC(=O)C2(/C(N)=N/O)CCC2)cn1. The van der Waals surface area contributed by atoms with E-state index in [4.69, 9.17) is 15.7 Å². The van der Waals surface area contributed by atoms with Gasteiger partial charge in [-0.15, -0.1) is 0 Å². The maximum absolute atomic E-state index is 12.3. The lowest BCUT2D eigenvalue weighted by atomic mass is 9.67. The van der Waals surface area contributed by atoms with E-state index in [0.717, 1.165) is 6.42 Å². The van der Waals surface area contributed by atoms with Gasteiger partial charge in [0.1, 0.15) is 5.41 Å². The van der Waals surface area contributed by atoms with E-state index >= 15 is 0 Å². The minimum absolute atomic E-state index is 0.0342. The molecule has 1 aliphatic carbocycles. The maximum Gasteiger partial charge on any atom is 0.238 e. The molecule has 2 rings (SSSR count). The Kier molecular flexibility index (Phi) is 4.23. The third kappa shape index (κ3) is 2.60. The molecule has 110 valence electrons. The first kappa shape index (κ1) is 14.3. The van der Waals surface area contributed by atoms with Crippen molar-refractivity contribution in [2.75, 3.05) is 19.0 Å². The van der Waals surface area contributed by atoms with Gasteiger partial charge in [0.15, 0.2) is 5.84 Å². The average Bonchev–Trinajstić information content (AvgIpc) is 2.82. The lowest BCUT2D eigenvalue weighted by Crippen LogP contribution is -2.51. The number of rotatable bonds is 6. The van der Waals surface area contributed by atoms with Crippen LogP contribution in [0.5, 0.6) is 0 Å². The smallest absolute Gasteiger partial charge is 0.238 e. The van der Waals surface area contributed by atoms with Crippen LogP contribution < -0.4 is 11.1 Å². The number of oxime groups is 1. The molecule has 1 aromatic heterocycles. The van der Waals surface area contributed by atoms with E-state index in [0.29, 0.717) is 31.7 Å². The first-order valence-corrected chi connectivity index (χ1v) is 6.43. The van der Waals surface area contributed by atoms with Crippen molar-refractivity contribution in [2.45, 2.75) is 25.8 Å². The molecule has 0 aromatic carbocycles. The van der Waals surface area contributed by atoms with Crippen molar-refractivity contribution in [1.29, 1.82) is 0 Å². The molecule has 1 aromatic rings. The highest BCUT2D eigenvalue weighted by atomic mass is 16.5. The molecular formula is C12H19N5O3. The number of amides is 1. The van der Waals surface area contributed by atoms with Crippen LogP contribution in [0.3, 0.4) is 0 Å². The molecule has 8 heteroatoms. The third-order valence-corrected chi connectivity index (χ3v) is 3.66. The molecule has 1 amide bonds. The van der Waals surface area contributed by atoms with Gasteiger partial charge in [0, 0.05) is 13.3 Å². The molecule has 0 aliphatic heterocycles. The summed E-state index contributed by atoms with van der Waals surface area (Å²) in [6, 6.07) is 0. The number of hydrogen-bond donors (Lipinski definition) is 3. The van der Waals surface area contributed by atoms with Crippen molar-refractivity contribution < 1.29 is 14.7 Å². The topological polar surface area (TPSA) is 115 Å². The van der Waals surface area contributed by atoms with Gasteiger partial charge in [0.25, 0.3) is 0 Å². The van der Waals surface area contributed by atoms with Crippen LogP contribution in [-0.4, -0.2) is 40.4 Å². The Morgan fingerprint density at radius 3 is 3.00 bits per heavy atom. The summed E-state index contributed by atoms with van der Waals surface area (Å²) in [4.78, 5) is 12.3. The molecule has 0 radical (unpaired) electrons. The van der Waals surface area contributed by atoms with Crippen LogP contribution >= 0.6 is 0 Å². The summed E-state index contributed by atoms with van der Waals surface area (Å²) in [6.07, 6.45) is 5.34. The van der Waals surface area contributed by atoms with Crippen LogP contribution in [0.4, 0.5) is 5.69 Å². The number of amidine groups is 1. The minimum atomic E-state index is -0.886. The molecule has 1 aliphatic rings. The van der Waals surface area contributed by atoms with E-state index in [-0.39, 0.29) is 11.7 Å². The molecule has 8 nitrogen and oxygen atoms in total. The summed E-state index contributed by atoms with van der Waals surface area (Å²) in [5.74, 6) is -0.293. The number of ether oxygens (including phenoxy) is 1. The minimum Gasteiger partial charge on any atom is -0.409 e. The van der Waals surface area contributed by atoms with Gasteiger partial charge < -0.3 is 21.0 Å². The lowest BCUT2D eigenvalue weighted by molar-refractivity contribution is -0.125. The normalized spacial score (nSPS) is 17.6. The van der Waals surface area contributed by atoms with Gasteiger partial charge in [-0.1, -0.05) is 11.6 Å². The second-order valence-corrected chi connectivity index (χ2v) is 4.86. The van der Waals surface area contributed by atoms with Crippen LogP contribution in [0.25, 0.3) is 0 Å². The number of aromatic nitrogens is 2. The average molecular weight is 281 g/mol.